The Kier molecular flexibility index (Phi) is 4.09. The van der Waals surface area contributed by atoms with Crippen molar-refractivity contribution in [3.63, 3.8) is 0 Å². The average Bonchev–Trinajstić information content (AvgIpc) is 2.39. The predicted octanol–water partition coefficient (Wildman–Crippen LogP) is 0.941. The number of aliphatic carboxylic acids is 1. The number of carboxylic acid groups (broad SMARTS) is 1. The van der Waals surface area contributed by atoms with Crippen LogP contribution in [0.5, 0.6) is 0 Å². The molecule has 1 saturated heterocycles. The van der Waals surface area contributed by atoms with Crippen molar-refractivity contribution in [3.05, 3.63) is 18.0 Å². The number of nitrogens with two attached hydrogens (primary N) is 1. The second-order valence-corrected chi connectivity index (χ2v) is 4.57. The van der Waals surface area contributed by atoms with E-state index in [4.69, 9.17) is 10.8 Å². The lowest BCUT2D eigenvalue weighted by Crippen LogP contribution is -2.31. The smallest absolute Gasteiger partial charge is 0.305 e. The summed E-state index contributed by atoms with van der Waals surface area (Å²) in [5.41, 5.74) is 6.41. The van der Waals surface area contributed by atoms with Gasteiger partial charge >= 0.3 is 5.97 Å². The van der Waals surface area contributed by atoms with Crippen LogP contribution in [0.2, 0.25) is 0 Å². The van der Waals surface area contributed by atoms with Crippen molar-refractivity contribution in [2.45, 2.75) is 31.7 Å². The fourth-order valence-corrected chi connectivity index (χ4v) is 2.09. The standard InChI is InChI=1S/C12H18N4O2/c13-10(6-11(17)18)9-7-14-12(15-8-9)16-4-2-1-3-5-16/h7-8,10H,1-6,13H2,(H,17,18)/t10-/m1/s1. The van der Waals surface area contributed by atoms with Gasteiger partial charge in [0, 0.05) is 37.1 Å². The third-order valence-electron chi connectivity index (χ3n) is 3.12. The first-order valence-corrected chi connectivity index (χ1v) is 6.21. The van der Waals surface area contributed by atoms with Gasteiger partial charge in [0.25, 0.3) is 0 Å². The molecule has 18 heavy (non-hydrogen) atoms. The number of rotatable bonds is 4. The molecule has 0 spiro atoms. The van der Waals surface area contributed by atoms with Gasteiger partial charge in [-0.15, -0.1) is 0 Å². The maximum Gasteiger partial charge on any atom is 0.305 e. The number of carboxylic acids is 1. The quantitative estimate of drug-likeness (QED) is 0.826. The van der Waals surface area contributed by atoms with Gasteiger partial charge in [0.1, 0.15) is 0 Å². The van der Waals surface area contributed by atoms with E-state index in [2.05, 4.69) is 14.9 Å². The highest BCUT2D eigenvalue weighted by Crippen LogP contribution is 2.17. The minimum atomic E-state index is -0.914. The summed E-state index contributed by atoms with van der Waals surface area (Å²) in [6.45, 7) is 1.97. The maximum atomic E-state index is 10.6. The van der Waals surface area contributed by atoms with Crippen LogP contribution in [0.25, 0.3) is 0 Å². The Labute approximate surface area is 106 Å². The average molecular weight is 250 g/mol. The second kappa shape index (κ2) is 5.77. The van der Waals surface area contributed by atoms with Gasteiger partial charge in [-0.2, -0.15) is 0 Å². The topological polar surface area (TPSA) is 92.3 Å². The van der Waals surface area contributed by atoms with Crippen LogP contribution in [0.3, 0.4) is 0 Å². The van der Waals surface area contributed by atoms with Crippen molar-refractivity contribution in [1.29, 1.82) is 0 Å². The molecule has 2 rings (SSSR count). The van der Waals surface area contributed by atoms with Gasteiger partial charge in [0.05, 0.1) is 6.42 Å². The minimum absolute atomic E-state index is 0.105. The third kappa shape index (κ3) is 3.16. The molecular formula is C12H18N4O2. The summed E-state index contributed by atoms with van der Waals surface area (Å²) in [7, 11) is 0. The summed E-state index contributed by atoms with van der Waals surface area (Å²) >= 11 is 0. The normalized spacial score (nSPS) is 17.5. The number of hydrogen-bond donors (Lipinski definition) is 2. The lowest BCUT2D eigenvalue weighted by molar-refractivity contribution is -0.137. The summed E-state index contributed by atoms with van der Waals surface area (Å²) in [5, 5.41) is 8.67. The van der Waals surface area contributed by atoms with Crippen LogP contribution in [0.4, 0.5) is 5.95 Å². The molecular weight excluding hydrogens is 232 g/mol. The van der Waals surface area contributed by atoms with E-state index in [9.17, 15) is 4.79 Å². The van der Waals surface area contributed by atoms with Crippen molar-refractivity contribution in [2.75, 3.05) is 18.0 Å². The number of anilines is 1. The zero-order valence-electron chi connectivity index (χ0n) is 10.2. The Morgan fingerprint density at radius 3 is 2.50 bits per heavy atom. The van der Waals surface area contributed by atoms with Crippen LogP contribution < -0.4 is 10.6 Å². The summed E-state index contributed by atoms with van der Waals surface area (Å²) in [4.78, 5) is 21.3. The first-order valence-electron chi connectivity index (χ1n) is 6.21. The first-order chi connectivity index (χ1) is 8.66. The Hall–Kier alpha value is -1.69. The van der Waals surface area contributed by atoms with E-state index in [1.807, 2.05) is 0 Å². The SMILES string of the molecule is N[C@H](CC(=O)O)c1cnc(N2CCCCC2)nc1. The van der Waals surface area contributed by atoms with Crippen molar-refractivity contribution < 1.29 is 9.90 Å². The van der Waals surface area contributed by atoms with Gasteiger partial charge in [-0.05, 0) is 19.3 Å². The number of hydrogen-bond acceptors (Lipinski definition) is 5. The van der Waals surface area contributed by atoms with Gasteiger partial charge < -0.3 is 15.7 Å². The van der Waals surface area contributed by atoms with Gasteiger partial charge in [-0.25, -0.2) is 9.97 Å². The highest BCUT2D eigenvalue weighted by molar-refractivity contribution is 5.67. The van der Waals surface area contributed by atoms with Crippen LogP contribution in [0.15, 0.2) is 12.4 Å². The monoisotopic (exact) mass is 250 g/mol. The predicted molar refractivity (Wildman–Crippen MR) is 67.3 cm³/mol. The van der Waals surface area contributed by atoms with E-state index in [-0.39, 0.29) is 6.42 Å². The molecule has 0 saturated carbocycles. The van der Waals surface area contributed by atoms with Crippen LogP contribution in [0.1, 0.15) is 37.3 Å². The molecule has 3 N–H and O–H groups in total. The number of aromatic nitrogens is 2. The minimum Gasteiger partial charge on any atom is -0.481 e. The summed E-state index contributed by atoms with van der Waals surface area (Å²) in [5.74, 6) is -0.205. The second-order valence-electron chi connectivity index (χ2n) is 4.57. The van der Waals surface area contributed by atoms with E-state index in [1.54, 1.807) is 12.4 Å². The van der Waals surface area contributed by atoms with Crippen LogP contribution in [0, 0.1) is 0 Å². The molecule has 1 atom stereocenters. The van der Waals surface area contributed by atoms with Crippen molar-refractivity contribution in [2.24, 2.45) is 5.73 Å². The number of carbonyl (C=O) groups is 1. The molecule has 6 heteroatoms. The largest absolute Gasteiger partial charge is 0.481 e. The summed E-state index contributed by atoms with van der Waals surface area (Å²) in [6, 6.07) is -0.544. The van der Waals surface area contributed by atoms with Crippen LogP contribution in [-0.4, -0.2) is 34.1 Å². The molecule has 2 heterocycles. The molecule has 1 aromatic heterocycles. The van der Waals surface area contributed by atoms with E-state index in [0.717, 1.165) is 13.1 Å². The summed E-state index contributed by atoms with van der Waals surface area (Å²) < 4.78 is 0. The maximum absolute atomic E-state index is 10.6. The van der Waals surface area contributed by atoms with Gasteiger partial charge in [-0.1, -0.05) is 0 Å². The number of piperidine rings is 1. The molecule has 0 bridgehead atoms. The van der Waals surface area contributed by atoms with Crippen molar-refractivity contribution in [3.8, 4) is 0 Å². The highest BCUT2D eigenvalue weighted by atomic mass is 16.4. The molecule has 1 aliphatic rings. The fraction of sp³-hybridized carbons (Fsp3) is 0.583. The zero-order valence-corrected chi connectivity index (χ0v) is 10.2. The Morgan fingerprint density at radius 2 is 1.94 bits per heavy atom. The Bertz CT molecular complexity index is 401. The summed E-state index contributed by atoms with van der Waals surface area (Å²) in [6.07, 6.45) is 6.76. The molecule has 0 aliphatic carbocycles. The Morgan fingerprint density at radius 1 is 1.33 bits per heavy atom. The van der Waals surface area contributed by atoms with Gasteiger partial charge in [0.2, 0.25) is 5.95 Å². The lowest BCUT2D eigenvalue weighted by atomic mass is 10.1. The van der Waals surface area contributed by atoms with E-state index >= 15 is 0 Å². The molecule has 98 valence electrons. The molecule has 0 aromatic carbocycles. The Balaban J connectivity index is 2.02. The molecule has 6 nitrogen and oxygen atoms in total. The van der Waals surface area contributed by atoms with Crippen LogP contribution >= 0.6 is 0 Å². The molecule has 0 amide bonds. The molecule has 1 aromatic rings. The van der Waals surface area contributed by atoms with E-state index in [1.165, 1.54) is 19.3 Å². The molecule has 1 aliphatic heterocycles. The van der Waals surface area contributed by atoms with E-state index < -0.39 is 12.0 Å². The third-order valence-corrected chi connectivity index (χ3v) is 3.12. The first kappa shape index (κ1) is 12.8. The molecule has 0 unspecified atom stereocenters. The molecule has 0 radical (unpaired) electrons. The van der Waals surface area contributed by atoms with Gasteiger partial charge in [-0.3, -0.25) is 4.79 Å². The lowest BCUT2D eigenvalue weighted by Gasteiger charge is -2.26. The fourth-order valence-electron chi connectivity index (χ4n) is 2.09. The van der Waals surface area contributed by atoms with Crippen molar-refractivity contribution >= 4 is 11.9 Å². The van der Waals surface area contributed by atoms with Crippen LogP contribution in [-0.2, 0) is 4.79 Å². The highest BCUT2D eigenvalue weighted by Gasteiger charge is 2.15. The van der Waals surface area contributed by atoms with Gasteiger partial charge in [0.15, 0.2) is 0 Å². The zero-order chi connectivity index (χ0) is 13.0. The van der Waals surface area contributed by atoms with E-state index in [0.29, 0.717) is 11.5 Å². The van der Waals surface area contributed by atoms with Crippen molar-refractivity contribution in [1.82, 2.24) is 9.97 Å². The number of nitrogens with zero attached hydrogens (tertiary/aromatic N) is 3. The molecule has 1 fully saturated rings.